The van der Waals surface area contributed by atoms with Crippen LogP contribution in [0.1, 0.15) is 313 Å². The lowest BCUT2D eigenvalue weighted by molar-refractivity contribution is -0.143. The zero-order chi connectivity index (χ0) is 103. The summed E-state index contributed by atoms with van der Waals surface area (Å²) in [5, 5.41) is 35.4. The van der Waals surface area contributed by atoms with E-state index in [1.807, 2.05) is 240 Å². The normalized spacial score (nSPS) is 16.0. The second kappa shape index (κ2) is 54.7. The number of benzene rings is 11. The number of fused-ring (bicyclic) bond motifs is 7. The lowest BCUT2D eigenvalue weighted by atomic mass is 9.76. The summed E-state index contributed by atoms with van der Waals surface area (Å²) in [7, 11) is -0.384. The summed E-state index contributed by atoms with van der Waals surface area (Å²) in [4.78, 5) is 95.6. The van der Waals surface area contributed by atoms with Gasteiger partial charge in [0.2, 0.25) is 0 Å². The Morgan fingerprint density at radius 1 is 0.440 bits per heavy atom. The molecule has 25 nitrogen and oxygen atoms in total. The highest BCUT2D eigenvalue weighted by Gasteiger charge is 2.52. The highest BCUT2D eigenvalue weighted by atomic mass is 79.9. The molecule has 4 amide bonds. The molecule has 0 radical (unpaired) electrons. The number of carbonyl (C=O) groups is 7. The van der Waals surface area contributed by atoms with Crippen molar-refractivity contribution in [3.05, 3.63) is 352 Å². The third-order valence-corrected chi connectivity index (χ3v) is 28.5. The first kappa shape index (κ1) is 122. The van der Waals surface area contributed by atoms with Crippen LogP contribution in [-0.2, 0) is 79.0 Å². The summed E-state index contributed by atoms with van der Waals surface area (Å²) in [5.74, 6) is -0.639. The van der Waals surface area contributed by atoms with E-state index in [1.165, 1.54) is 45.7 Å². The number of ether oxygens (including phenoxy) is 2. The molecular weight excluding hydrogens is 1970 g/mol. The molecule has 1 saturated heterocycles. The van der Waals surface area contributed by atoms with Gasteiger partial charge in [0.05, 0.1) is 53.8 Å². The molecule has 6 atom stereocenters. The highest BCUT2D eigenvalue weighted by Crippen LogP contribution is 2.43. The number of aliphatic carboxylic acids is 1. The van der Waals surface area contributed by atoms with Gasteiger partial charge in [-0.3, -0.25) is 28.8 Å². The van der Waals surface area contributed by atoms with Crippen LogP contribution in [0.25, 0.3) is 39.2 Å². The first-order valence-corrected chi connectivity index (χ1v) is 51.4. The molecule has 11 aromatic carbocycles. The number of hydrogen-bond donors (Lipinski definition) is 1. The Morgan fingerprint density at radius 2 is 0.760 bits per heavy atom. The smallest absolute Gasteiger partial charge is 0.481 e. The quantitative estimate of drug-likeness (QED) is 0.0421. The summed E-state index contributed by atoms with van der Waals surface area (Å²) in [6, 6.07) is 75.3. The molecule has 0 saturated carbocycles. The molecule has 19 rings (SSSR count). The van der Waals surface area contributed by atoms with Crippen molar-refractivity contribution in [3.8, 4) is 0 Å². The van der Waals surface area contributed by atoms with Crippen molar-refractivity contribution < 1.29 is 61.3 Å². The number of carbonyl (C=O) groups excluding carboxylic acids is 6. The van der Waals surface area contributed by atoms with Gasteiger partial charge in [-0.05, 0) is 286 Å². The number of halogens is 2. The van der Waals surface area contributed by atoms with Gasteiger partial charge < -0.3 is 43.5 Å². The van der Waals surface area contributed by atoms with Gasteiger partial charge in [-0.1, -0.05) is 255 Å². The van der Waals surface area contributed by atoms with Crippen molar-refractivity contribution in [1.29, 1.82) is 0 Å². The van der Waals surface area contributed by atoms with E-state index in [9.17, 15) is 42.6 Å². The minimum absolute atomic E-state index is 0. The van der Waals surface area contributed by atoms with Crippen LogP contribution in [0.2, 0.25) is 0 Å². The fourth-order valence-electron chi connectivity index (χ4n) is 19.9. The molecule has 5 aliphatic rings. The molecule has 3 aromatic heterocycles. The predicted octanol–water partition coefficient (Wildman–Crippen LogP) is 26.1. The fourth-order valence-corrected chi connectivity index (χ4v) is 20.3. The van der Waals surface area contributed by atoms with Crippen LogP contribution >= 0.6 is 28.1 Å². The van der Waals surface area contributed by atoms with Crippen LogP contribution in [0.15, 0.2) is 241 Å². The van der Waals surface area contributed by atoms with Gasteiger partial charge in [0.25, 0.3) is 23.6 Å². The summed E-state index contributed by atoms with van der Waals surface area (Å²) in [6.45, 7) is 40.8. The monoisotopic (exact) mass is 2120 g/mol. The van der Waals surface area contributed by atoms with Crippen molar-refractivity contribution in [2.45, 2.75) is 261 Å². The van der Waals surface area contributed by atoms with Crippen LogP contribution < -0.4 is 5.46 Å². The second-order valence-corrected chi connectivity index (χ2v) is 39.5. The number of amides is 4. The maximum absolute atomic E-state index is 13.3. The van der Waals surface area contributed by atoms with Crippen molar-refractivity contribution in [2.24, 2.45) is 0 Å². The topological polar surface area (TPSA) is 282 Å². The van der Waals surface area contributed by atoms with Crippen molar-refractivity contribution >= 4 is 121 Å². The molecule has 0 bridgehead atoms. The van der Waals surface area contributed by atoms with Gasteiger partial charge in [-0.25, -0.2) is 18.8 Å². The lowest BCUT2D eigenvalue weighted by Gasteiger charge is -2.34. The SMILES string of the molecule is C.C.C.C.C.C.CC1CN(C(=O)c2ccccc2)Cc2cc(B3OC(C)(C)C(C)(C)O3)ccc21.CC1CN(C(=O)c2ccccc2)Cc2cc(Br)ccc21.CCOC(=O)/C=C/c1ccc2c(nnn2CC)c1C.CCOC(=O)CC(c1ccc2c(c1)CN(C(=O)c1ccccc1)CC2C)c1ccc2c(nnn2CC)c1C.CCn1nnc2c(C)c(C(CC(=O)O)c3ccc4c(c3)CN(C(=O)c3ccccc3)CC4C)ccc21.CSF. The number of carboxylic acid groups (broad SMARTS) is 1. The van der Waals surface area contributed by atoms with Crippen molar-refractivity contribution in [2.75, 3.05) is 45.6 Å². The number of aromatic nitrogens is 9. The lowest BCUT2D eigenvalue weighted by Crippen LogP contribution is -2.41. The molecule has 1 fully saturated rings. The molecule has 1 N–H and O–H groups in total. The Labute approximate surface area is 900 Å². The largest absolute Gasteiger partial charge is 0.494 e. The number of aryl methyl sites for hydroxylation is 6. The van der Waals surface area contributed by atoms with Crippen molar-refractivity contribution in [3.63, 3.8) is 0 Å². The standard InChI is InChI=1S/C31H34N4O3.C29H30N4O3.C23H28BNO3.C17H16BrNO.C14H17N3O2.CH3FS.6CH4/c1-5-35-28-15-14-26(21(4)30(28)32-33-35)27(17-29(36)38-6-2)23-12-13-25-20(3)18-34(19-24(25)16-23)31(37)22-10-8-7-9-11-22;1-4-33-26-13-12-24(19(3)28(26)30-31-33)25(15-27(34)35)21-10-11-23-18(2)16-32(17-22(23)14-21)29(36)20-8-6-5-7-9-20;1-16-14-25(21(26)17-9-7-6-8-10-17)15-18-13-19(11-12-20(16)18)24-27-22(2,3)23(4,5)28-24;1-12-10-19(17(20)13-5-3-2-4-6-13)11-14-9-15(18)7-8-16(12)14;1-4-17-12-8-6-11(7-9-13(18)19-5-2)10(3)14(12)15-16-17;1-3-2;;;;;;/h7-16,20,27H,5-6,17-19H2,1-4H3;5-14,18,25H,4,15-17H2,1-3H3,(H,34,35);6-13,16H,14-15H2,1-5H3;2-9,12H,10-11H2,1H3;6-9H,4-5H2,1-3H3;1H3;6*1H4/b;;;;9-7+;;;;;;;. The summed E-state index contributed by atoms with van der Waals surface area (Å²) in [6.07, 6.45) is 4.75. The van der Waals surface area contributed by atoms with E-state index in [0.717, 1.165) is 143 Å². The number of nitrogens with zero attached hydrogens (tertiary/aromatic N) is 13. The average Bonchev–Trinajstić information content (AvgIpc) is 1.71. The first-order chi connectivity index (χ1) is 69.2. The maximum Gasteiger partial charge on any atom is 0.494 e. The number of hydrogen-bond acceptors (Lipinski definition) is 18. The van der Waals surface area contributed by atoms with Crippen LogP contribution in [0.5, 0.6) is 0 Å². The molecule has 5 aliphatic heterocycles. The summed E-state index contributed by atoms with van der Waals surface area (Å²) >= 11 is 3.76. The van der Waals surface area contributed by atoms with E-state index in [1.54, 1.807) is 13.0 Å². The maximum atomic E-state index is 13.3. The third-order valence-electron chi connectivity index (χ3n) is 28.1. The Bertz CT molecular complexity index is 6970. The Balaban J connectivity index is 0.000000229. The molecule has 29 heteroatoms. The van der Waals surface area contributed by atoms with Gasteiger partial charge in [0, 0.05) is 135 Å². The minimum atomic E-state index is -0.858. The fraction of sp³-hybridized carbons (Fsp3) is 0.380. The van der Waals surface area contributed by atoms with E-state index >= 15 is 0 Å². The molecule has 8 heterocycles. The molecule has 14 aromatic rings. The summed E-state index contributed by atoms with van der Waals surface area (Å²) < 4.78 is 39.5. The van der Waals surface area contributed by atoms with E-state index in [0.29, 0.717) is 75.4 Å². The van der Waals surface area contributed by atoms with Crippen LogP contribution in [-0.4, -0.2) is 175 Å². The second-order valence-electron chi connectivity index (χ2n) is 38.2. The molecular formula is C121H152BBrFN13O12S. The Hall–Kier alpha value is -13.6. The molecule has 150 heavy (non-hydrogen) atoms. The van der Waals surface area contributed by atoms with E-state index < -0.39 is 5.97 Å². The summed E-state index contributed by atoms with van der Waals surface area (Å²) in [5.41, 5.74) is 26.2. The molecule has 796 valence electrons. The minimum Gasteiger partial charge on any atom is -0.481 e. The Morgan fingerprint density at radius 3 is 1.11 bits per heavy atom. The molecule has 0 spiro atoms. The van der Waals surface area contributed by atoms with E-state index in [4.69, 9.17) is 18.8 Å². The van der Waals surface area contributed by atoms with Crippen LogP contribution in [0.3, 0.4) is 0 Å². The zero-order valence-electron chi connectivity index (χ0n) is 85.2. The zero-order valence-corrected chi connectivity index (χ0v) is 87.6. The van der Waals surface area contributed by atoms with Gasteiger partial charge >= 0.3 is 25.0 Å². The molecule has 0 aliphatic carbocycles. The molecule has 6 unspecified atom stereocenters. The van der Waals surface area contributed by atoms with Crippen molar-refractivity contribution in [1.82, 2.24) is 64.6 Å². The van der Waals surface area contributed by atoms with Crippen LogP contribution in [0, 0.1) is 20.8 Å². The van der Waals surface area contributed by atoms with Gasteiger partial charge in [0.1, 0.15) is 16.6 Å². The van der Waals surface area contributed by atoms with E-state index in [2.05, 4.69) is 175 Å². The highest BCUT2D eigenvalue weighted by molar-refractivity contribution is 9.10. The average molecular weight is 2120 g/mol. The third kappa shape index (κ3) is 28.0. The number of esters is 2. The van der Waals surface area contributed by atoms with Gasteiger partial charge in [0.15, 0.2) is 0 Å². The number of rotatable bonds is 20. The van der Waals surface area contributed by atoms with Gasteiger partial charge in [-0.2, -0.15) is 3.89 Å². The predicted molar refractivity (Wildman–Crippen MR) is 609 cm³/mol. The van der Waals surface area contributed by atoms with Gasteiger partial charge in [-0.15, -0.1) is 15.3 Å². The number of carboxylic acids is 1. The van der Waals surface area contributed by atoms with E-state index in [-0.39, 0.29) is 147 Å². The Kier molecular flexibility index (Phi) is 44.4. The first-order valence-electron chi connectivity index (χ1n) is 49.4. The van der Waals surface area contributed by atoms with Crippen LogP contribution in [0.4, 0.5) is 3.89 Å².